The highest BCUT2D eigenvalue weighted by Gasteiger charge is 2.33. The van der Waals surface area contributed by atoms with Crippen LogP contribution in [0.5, 0.6) is 0 Å². The average Bonchev–Trinajstić information content (AvgIpc) is 3.26. The number of fused-ring (bicyclic) bond motifs is 1. The number of hydrogen-bond donors (Lipinski definition) is 1. The fourth-order valence-corrected chi connectivity index (χ4v) is 5.34. The van der Waals surface area contributed by atoms with E-state index in [1.165, 1.54) is 11.0 Å². The number of rotatable bonds is 5. The predicted octanol–water partition coefficient (Wildman–Crippen LogP) is 5.87. The van der Waals surface area contributed by atoms with Gasteiger partial charge < -0.3 is 5.32 Å². The maximum atomic E-state index is 12.3. The molecule has 1 amide bonds. The number of anilines is 1. The normalized spacial score (nSPS) is 17.1. The van der Waals surface area contributed by atoms with Gasteiger partial charge in [0.25, 0.3) is 0 Å². The second-order valence-electron chi connectivity index (χ2n) is 7.44. The van der Waals surface area contributed by atoms with Crippen molar-refractivity contribution < 1.29 is 4.79 Å². The minimum atomic E-state index is -0.182. The smallest absolute Gasteiger partial charge is 0.249 e. The molecule has 0 aliphatic heterocycles. The second-order valence-corrected chi connectivity index (χ2v) is 9.52. The van der Waals surface area contributed by atoms with E-state index in [2.05, 4.69) is 32.2 Å². The highest BCUT2D eigenvalue weighted by Crippen LogP contribution is 2.45. The van der Waals surface area contributed by atoms with Gasteiger partial charge in [0.15, 0.2) is 0 Å². The third-order valence-electron chi connectivity index (χ3n) is 5.57. The van der Waals surface area contributed by atoms with Gasteiger partial charge in [-0.1, -0.05) is 33.3 Å². The Morgan fingerprint density at radius 3 is 2.96 bits per heavy atom. The number of nitrogens with one attached hydrogen (secondary N) is 1. The van der Waals surface area contributed by atoms with E-state index in [0.717, 1.165) is 36.1 Å². The summed E-state index contributed by atoms with van der Waals surface area (Å²) in [6, 6.07) is 6.24. The average molecular weight is 385 g/mol. The topological polar surface area (TPSA) is 52.9 Å². The standard InChI is InChI=1S/C21H24N2OS2/c1-4-21(2,3)14-7-9-16-17(13-22)20(26-18(16)12-14)23-19(24)10-8-15-6-5-11-25-15/h5-6,8,10-11,14H,4,7,9,12H2,1-3H3,(H,23,24)/b10-8-/t14-/m1/s1. The summed E-state index contributed by atoms with van der Waals surface area (Å²) in [7, 11) is 0. The van der Waals surface area contributed by atoms with Crippen LogP contribution in [-0.4, -0.2) is 5.91 Å². The molecule has 1 atom stereocenters. The Morgan fingerprint density at radius 1 is 1.50 bits per heavy atom. The van der Waals surface area contributed by atoms with Gasteiger partial charge in [-0.25, -0.2) is 0 Å². The molecule has 136 valence electrons. The Kier molecular flexibility index (Phi) is 5.64. The summed E-state index contributed by atoms with van der Waals surface area (Å²) in [6.07, 6.45) is 7.56. The van der Waals surface area contributed by atoms with Crippen LogP contribution in [0.2, 0.25) is 0 Å². The van der Waals surface area contributed by atoms with Gasteiger partial charge in [0.05, 0.1) is 5.56 Å². The maximum Gasteiger partial charge on any atom is 0.249 e. The van der Waals surface area contributed by atoms with E-state index in [4.69, 9.17) is 0 Å². The third kappa shape index (κ3) is 3.92. The fourth-order valence-electron chi connectivity index (χ4n) is 3.45. The second kappa shape index (κ2) is 7.77. The van der Waals surface area contributed by atoms with Gasteiger partial charge in [-0.3, -0.25) is 4.79 Å². The van der Waals surface area contributed by atoms with E-state index in [1.54, 1.807) is 28.7 Å². The van der Waals surface area contributed by atoms with E-state index in [0.29, 0.717) is 21.9 Å². The molecule has 5 heteroatoms. The van der Waals surface area contributed by atoms with Gasteiger partial charge in [0.2, 0.25) is 5.91 Å². The SMILES string of the molecule is CCC(C)(C)[C@@H]1CCc2c(sc(NC(=O)/C=C\c3cccs3)c2C#N)C1. The minimum absolute atomic E-state index is 0.182. The van der Waals surface area contributed by atoms with Crippen LogP contribution >= 0.6 is 22.7 Å². The number of carbonyl (C=O) groups excluding carboxylic acids is 1. The first-order valence-electron chi connectivity index (χ1n) is 9.01. The number of amides is 1. The molecular weight excluding hydrogens is 360 g/mol. The molecule has 0 aromatic carbocycles. The molecule has 0 unspecified atom stereocenters. The van der Waals surface area contributed by atoms with Crippen molar-refractivity contribution in [3.63, 3.8) is 0 Å². The van der Waals surface area contributed by atoms with Gasteiger partial charge in [-0.2, -0.15) is 5.26 Å². The van der Waals surface area contributed by atoms with Crippen molar-refractivity contribution in [2.75, 3.05) is 5.32 Å². The Hall–Kier alpha value is -1.90. The van der Waals surface area contributed by atoms with Gasteiger partial charge in [-0.05, 0) is 53.7 Å². The van der Waals surface area contributed by atoms with Crippen molar-refractivity contribution in [2.45, 2.75) is 46.5 Å². The first-order valence-corrected chi connectivity index (χ1v) is 10.7. The van der Waals surface area contributed by atoms with Crippen molar-refractivity contribution in [2.24, 2.45) is 11.3 Å². The van der Waals surface area contributed by atoms with Crippen LogP contribution < -0.4 is 5.32 Å². The molecule has 26 heavy (non-hydrogen) atoms. The molecule has 0 spiro atoms. The van der Waals surface area contributed by atoms with Gasteiger partial charge in [0, 0.05) is 15.8 Å². The van der Waals surface area contributed by atoms with Crippen molar-refractivity contribution in [3.8, 4) is 6.07 Å². The van der Waals surface area contributed by atoms with Gasteiger partial charge >= 0.3 is 0 Å². The summed E-state index contributed by atoms with van der Waals surface area (Å²) >= 11 is 3.17. The summed E-state index contributed by atoms with van der Waals surface area (Å²) in [4.78, 5) is 14.6. The summed E-state index contributed by atoms with van der Waals surface area (Å²) in [5.41, 5.74) is 2.12. The van der Waals surface area contributed by atoms with E-state index < -0.39 is 0 Å². The van der Waals surface area contributed by atoms with Gasteiger partial charge in [-0.15, -0.1) is 22.7 Å². The number of carbonyl (C=O) groups is 1. The first kappa shape index (κ1) is 18.9. The van der Waals surface area contributed by atoms with Crippen LogP contribution in [0.1, 0.15) is 54.5 Å². The molecule has 2 heterocycles. The Bertz CT molecular complexity index is 853. The van der Waals surface area contributed by atoms with Gasteiger partial charge in [0.1, 0.15) is 11.1 Å². The van der Waals surface area contributed by atoms with Crippen LogP contribution in [0.15, 0.2) is 23.6 Å². The summed E-state index contributed by atoms with van der Waals surface area (Å²) < 4.78 is 0. The molecular formula is C21H24N2OS2. The van der Waals surface area contributed by atoms with Crippen molar-refractivity contribution in [3.05, 3.63) is 44.5 Å². The zero-order valence-electron chi connectivity index (χ0n) is 15.5. The number of nitrogens with zero attached hydrogens (tertiary/aromatic N) is 1. The lowest BCUT2D eigenvalue weighted by atomic mass is 9.69. The lowest BCUT2D eigenvalue weighted by molar-refractivity contribution is -0.111. The molecule has 3 nitrogen and oxygen atoms in total. The van der Waals surface area contributed by atoms with Crippen molar-refractivity contribution >= 4 is 39.7 Å². The molecule has 1 N–H and O–H groups in total. The summed E-state index contributed by atoms with van der Waals surface area (Å²) in [6.45, 7) is 6.91. The Morgan fingerprint density at radius 2 is 2.31 bits per heavy atom. The van der Waals surface area contributed by atoms with Crippen LogP contribution in [0.4, 0.5) is 5.00 Å². The largest absolute Gasteiger partial charge is 0.313 e. The van der Waals surface area contributed by atoms with Crippen LogP contribution in [0, 0.1) is 22.7 Å². The third-order valence-corrected chi connectivity index (χ3v) is 7.58. The van der Waals surface area contributed by atoms with Crippen LogP contribution in [0.3, 0.4) is 0 Å². The van der Waals surface area contributed by atoms with Crippen molar-refractivity contribution in [1.29, 1.82) is 5.26 Å². The van der Waals surface area contributed by atoms with Crippen molar-refractivity contribution in [1.82, 2.24) is 0 Å². The number of thiophene rings is 2. The number of hydrogen-bond acceptors (Lipinski definition) is 4. The lowest BCUT2D eigenvalue weighted by Gasteiger charge is -2.36. The Labute approximate surface area is 163 Å². The minimum Gasteiger partial charge on any atom is -0.313 e. The molecule has 1 aliphatic rings. The van der Waals surface area contributed by atoms with E-state index in [1.807, 2.05) is 17.5 Å². The first-order chi connectivity index (χ1) is 12.4. The van der Waals surface area contributed by atoms with Crippen LogP contribution in [0.25, 0.3) is 6.08 Å². The quantitative estimate of drug-likeness (QED) is 0.655. The van der Waals surface area contributed by atoms with E-state index in [-0.39, 0.29) is 5.91 Å². The fraction of sp³-hybridized carbons (Fsp3) is 0.429. The van der Waals surface area contributed by atoms with E-state index in [9.17, 15) is 10.1 Å². The lowest BCUT2D eigenvalue weighted by Crippen LogP contribution is -2.28. The molecule has 2 aromatic rings. The summed E-state index contributed by atoms with van der Waals surface area (Å²) in [5.74, 6) is 0.450. The highest BCUT2D eigenvalue weighted by atomic mass is 32.1. The molecule has 3 rings (SSSR count). The monoisotopic (exact) mass is 384 g/mol. The molecule has 1 aliphatic carbocycles. The molecule has 2 aromatic heterocycles. The number of nitriles is 1. The molecule has 0 fully saturated rings. The molecule has 0 saturated carbocycles. The maximum absolute atomic E-state index is 12.3. The van der Waals surface area contributed by atoms with Crippen LogP contribution in [-0.2, 0) is 17.6 Å². The Balaban J connectivity index is 1.78. The zero-order valence-corrected chi connectivity index (χ0v) is 17.1. The highest BCUT2D eigenvalue weighted by molar-refractivity contribution is 7.16. The molecule has 0 saturated heterocycles. The zero-order chi connectivity index (χ0) is 18.7. The summed E-state index contributed by atoms with van der Waals surface area (Å²) in [5, 5.41) is 15.2. The predicted molar refractivity (Wildman–Crippen MR) is 111 cm³/mol. The molecule has 0 bridgehead atoms. The molecule has 0 radical (unpaired) electrons. The van der Waals surface area contributed by atoms with E-state index >= 15 is 0 Å².